The number of nitrogens with two attached hydrogens (primary N) is 1. The summed E-state index contributed by atoms with van der Waals surface area (Å²) in [4.78, 5) is 6.79. The van der Waals surface area contributed by atoms with Crippen LogP contribution in [-0.2, 0) is 13.0 Å². The second-order valence-corrected chi connectivity index (χ2v) is 6.45. The first kappa shape index (κ1) is 15.1. The zero-order valence-electron chi connectivity index (χ0n) is 14.1. The van der Waals surface area contributed by atoms with Crippen LogP contribution in [0.1, 0.15) is 17.9 Å². The standard InChI is InChI=1S/C19H18N4O3/c20-14-4-1-5-15-13(14)3-2-8-23(15)10-18-21-19(22-26-18)12-6-7-16-17(9-12)25-11-24-16/h1,4-7,9H,2-3,8,10-11,20H2. The van der Waals surface area contributed by atoms with Gasteiger partial charge in [0.1, 0.15) is 0 Å². The number of nitrogens with zero attached hydrogens (tertiary/aromatic N) is 3. The SMILES string of the molecule is Nc1cccc2c1CCCN2Cc1nc(-c2ccc3c(c2)OCO3)no1. The van der Waals surface area contributed by atoms with Gasteiger partial charge in [0.05, 0.1) is 6.54 Å². The van der Waals surface area contributed by atoms with Gasteiger partial charge in [-0.15, -0.1) is 0 Å². The molecule has 0 saturated heterocycles. The molecule has 0 unspecified atom stereocenters. The first-order valence-corrected chi connectivity index (χ1v) is 8.63. The Bertz CT molecular complexity index is 969. The van der Waals surface area contributed by atoms with Gasteiger partial charge < -0.3 is 24.6 Å². The first-order chi connectivity index (χ1) is 12.8. The molecular formula is C19H18N4O3. The van der Waals surface area contributed by atoms with Gasteiger partial charge in [-0.2, -0.15) is 4.98 Å². The number of ether oxygens (including phenoxy) is 2. The number of hydrogen-bond donors (Lipinski definition) is 1. The second kappa shape index (κ2) is 5.94. The summed E-state index contributed by atoms with van der Waals surface area (Å²) in [6, 6.07) is 11.7. The van der Waals surface area contributed by atoms with Gasteiger partial charge in [-0.3, -0.25) is 0 Å². The molecule has 2 aromatic carbocycles. The van der Waals surface area contributed by atoms with Crippen molar-refractivity contribution in [3.05, 3.63) is 47.9 Å². The molecule has 0 saturated carbocycles. The van der Waals surface area contributed by atoms with Gasteiger partial charge in [-0.25, -0.2) is 0 Å². The quantitative estimate of drug-likeness (QED) is 0.727. The van der Waals surface area contributed by atoms with E-state index in [2.05, 4.69) is 21.1 Å². The third-order valence-corrected chi connectivity index (χ3v) is 4.81. The number of benzene rings is 2. The maximum absolute atomic E-state index is 6.12. The van der Waals surface area contributed by atoms with Crippen LogP contribution in [0, 0.1) is 0 Å². The van der Waals surface area contributed by atoms with Gasteiger partial charge in [-0.05, 0) is 48.7 Å². The van der Waals surface area contributed by atoms with Crippen molar-refractivity contribution in [1.29, 1.82) is 0 Å². The molecule has 2 aliphatic heterocycles. The number of nitrogen functional groups attached to an aromatic ring is 1. The molecule has 7 nitrogen and oxygen atoms in total. The minimum Gasteiger partial charge on any atom is -0.454 e. The lowest BCUT2D eigenvalue weighted by Gasteiger charge is -2.30. The van der Waals surface area contributed by atoms with E-state index < -0.39 is 0 Å². The fraction of sp³-hybridized carbons (Fsp3) is 0.263. The van der Waals surface area contributed by atoms with Crippen molar-refractivity contribution in [3.8, 4) is 22.9 Å². The highest BCUT2D eigenvalue weighted by Gasteiger charge is 2.21. The van der Waals surface area contributed by atoms with Crippen LogP contribution < -0.4 is 20.1 Å². The monoisotopic (exact) mass is 350 g/mol. The molecule has 1 aromatic heterocycles. The summed E-state index contributed by atoms with van der Waals surface area (Å²) >= 11 is 0. The lowest BCUT2D eigenvalue weighted by molar-refractivity contribution is 0.174. The average molecular weight is 350 g/mol. The molecule has 2 aliphatic rings. The van der Waals surface area contributed by atoms with Crippen LogP contribution in [0.25, 0.3) is 11.4 Å². The number of hydrogen-bond acceptors (Lipinski definition) is 7. The van der Waals surface area contributed by atoms with Crippen molar-refractivity contribution in [2.75, 3.05) is 24.0 Å². The van der Waals surface area contributed by atoms with Gasteiger partial charge >= 0.3 is 0 Å². The number of rotatable bonds is 3. The molecule has 3 heterocycles. The Labute approximate surface area is 150 Å². The third kappa shape index (κ3) is 2.52. The van der Waals surface area contributed by atoms with Crippen LogP contribution in [0.3, 0.4) is 0 Å². The largest absolute Gasteiger partial charge is 0.454 e. The van der Waals surface area contributed by atoms with Gasteiger partial charge in [0, 0.05) is 23.5 Å². The van der Waals surface area contributed by atoms with E-state index in [-0.39, 0.29) is 6.79 Å². The molecule has 0 fully saturated rings. The van der Waals surface area contributed by atoms with Crippen LogP contribution in [0.2, 0.25) is 0 Å². The Morgan fingerprint density at radius 1 is 1.12 bits per heavy atom. The molecule has 0 amide bonds. The molecule has 26 heavy (non-hydrogen) atoms. The minimum atomic E-state index is 0.244. The fourth-order valence-corrected chi connectivity index (χ4v) is 3.53. The zero-order chi connectivity index (χ0) is 17.5. The van der Waals surface area contributed by atoms with Gasteiger partial charge in [-0.1, -0.05) is 11.2 Å². The predicted molar refractivity (Wildman–Crippen MR) is 96.1 cm³/mol. The molecule has 132 valence electrons. The molecule has 5 rings (SSSR count). The van der Waals surface area contributed by atoms with Crippen LogP contribution >= 0.6 is 0 Å². The summed E-state index contributed by atoms with van der Waals surface area (Å²) in [5.41, 5.74) is 10.2. The van der Waals surface area contributed by atoms with Gasteiger partial charge in [0.15, 0.2) is 11.5 Å². The molecule has 2 N–H and O–H groups in total. The summed E-state index contributed by atoms with van der Waals surface area (Å²) in [6.07, 6.45) is 2.06. The molecule has 0 aliphatic carbocycles. The molecule has 0 spiro atoms. The summed E-state index contributed by atoms with van der Waals surface area (Å²) in [7, 11) is 0. The molecule has 0 radical (unpaired) electrons. The summed E-state index contributed by atoms with van der Waals surface area (Å²) in [5.74, 6) is 2.56. The van der Waals surface area contributed by atoms with Crippen LogP contribution in [-0.4, -0.2) is 23.5 Å². The smallest absolute Gasteiger partial charge is 0.246 e. The van der Waals surface area contributed by atoms with E-state index in [4.69, 9.17) is 19.7 Å². The lowest BCUT2D eigenvalue weighted by Crippen LogP contribution is -2.29. The van der Waals surface area contributed by atoms with Gasteiger partial charge in [0.25, 0.3) is 0 Å². The maximum atomic E-state index is 6.12. The highest BCUT2D eigenvalue weighted by atomic mass is 16.7. The Morgan fingerprint density at radius 2 is 2.04 bits per heavy atom. The van der Waals surface area contributed by atoms with E-state index in [1.807, 2.05) is 30.3 Å². The number of anilines is 2. The Hall–Kier alpha value is -3.22. The topological polar surface area (TPSA) is 86.6 Å². The molecule has 7 heteroatoms. The molecule has 0 atom stereocenters. The van der Waals surface area contributed by atoms with Crippen LogP contribution in [0.5, 0.6) is 11.5 Å². The molecular weight excluding hydrogens is 332 g/mol. The lowest BCUT2D eigenvalue weighted by atomic mass is 10.00. The Morgan fingerprint density at radius 3 is 3.00 bits per heavy atom. The third-order valence-electron chi connectivity index (χ3n) is 4.81. The summed E-state index contributed by atoms with van der Waals surface area (Å²) in [5, 5.41) is 4.12. The minimum absolute atomic E-state index is 0.244. The Kier molecular flexibility index (Phi) is 3.44. The van der Waals surface area contributed by atoms with Gasteiger partial charge in [0.2, 0.25) is 18.5 Å². The molecule has 0 bridgehead atoms. The predicted octanol–water partition coefficient (Wildman–Crippen LogP) is 3.00. The van der Waals surface area contributed by atoms with E-state index in [1.165, 1.54) is 5.56 Å². The fourth-order valence-electron chi connectivity index (χ4n) is 3.53. The van der Waals surface area contributed by atoms with Crippen molar-refractivity contribution < 1.29 is 14.0 Å². The van der Waals surface area contributed by atoms with Crippen molar-refractivity contribution in [2.24, 2.45) is 0 Å². The van der Waals surface area contributed by atoms with E-state index in [9.17, 15) is 0 Å². The highest BCUT2D eigenvalue weighted by molar-refractivity contribution is 5.66. The first-order valence-electron chi connectivity index (χ1n) is 8.63. The maximum Gasteiger partial charge on any atom is 0.246 e. The summed E-state index contributed by atoms with van der Waals surface area (Å²) in [6.45, 7) is 1.75. The van der Waals surface area contributed by atoms with E-state index in [1.54, 1.807) is 0 Å². The Balaban J connectivity index is 1.40. The van der Waals surface area contributed by atoms with Crippen molar-refractivity contribution >= 4 is 11.4 Å². The normalized spacial score (nSPS) is 15.2. The van der Waals surface area contributed by atoms with E-state index in [0.717, 1.165) is 42.1 Å². The average Bonchev–Trinajstić information content (AvgIpc) is 3.31. The second-order valence-electron chi connectivity index (χ2n) is 6.45. The molecule has 3 aromatic rings. The van der Waals surface area contributed by atoms with Crippen molar-refractivity contribution in [3.63, 3.8) is 0 Å². The van der Waals surface area contributed by atoms with Crippen LogP contribution in [0.4, 0.5) is 11.4 Å². The number of fused-ring (bicyclic) bond motifs is 2. The van der Waals surface area contributed by atoms with Crippen molar-refractivity contribution in [1.82, 2.24) is 10.1 Å². The van der Waals surface area contributed by atoms with E-state index in [0.29, 0.717) is 24.0 Å². The van der Waals surface area contributed by atoms with E-state index >= 15 is 0 Å². The zero-order valence-corrected chi connectivity index (χ0v) is 14.1. The number of aromatic nitrogens is 2. The summed E-state index contributed by atoms with van der Waals surface area (Å²) < 4.78 is 16.2. The highest BCUT2D eigenvalue weighted by Crippen LogP contribution is 2.35. The van der Waals surface area contributed by atoms with Crippen molar-refractivity contribution in [2.45, 2.75) is 19.4 Å². The van der Waals surface area contributed by atoms with Crippen LogP contribution in [0.15, 0.2) is 40.9 Å².